The standard InChI is InChI=1S/C13H14BrN3S/c14-10-1-3-12(4-2-10)18-9-13-16-8-6-11(17-13)5-7-15/h1-4,6,8H,5,7,9,15H2. The number of rotatable bonds is 5. The first-order valence-electron chi connectivity index (χ1n) is 5.67. The Bertz CT molecular complexity index is 502. The second-order valence-electron chi connectivity index (χ2n) is 3.75. The molecule has 0 aliphatic carbocycles. The van der Waals surface area contributed by atoms with Gasteiger partial charge in [-0.05, 0) is 36.9 Å². The van der Waals surface area contributed by atoms with Crippen LogP contribution in [-0.2, 0) is 12.2 Å². The smallest absolute Gasteiger partial charge is 0.138 e. The molecule has 3 nitrogen and oxygen atoms in total. The second-order valence-corrected chi connectivity index (χ2v) is 5.71. The summed E-state index contributed by atoms with van der Waals surface area (Å²) < 4.78 is 1.09. The molecule has 1 aromatic heterocycles. The summed E-state index contributed by atoms with van der Waals surface area (Å²) >= 11 is 5.15. The number of hydrogen-bond donors (Lipinski definition) is 1. The monoisotopic (exact) mass is 323 g/mol. The SMILES string of the molecule is NCCc1ccnc(CSc2ccc(Br)cc2)n1. The van der Waals surface area contributed by atoms with Crippen molar-refractivity contribution < 1.29 is 0 Å². The zero-order valence-corrected chi connectivity index (χ0v) is 12.2. The molecule has 2 N–H and O–H groups in total. The molecule has 2 aromatic rings. The molecule has 1 aromatic carbocycles. The van der Waals surface area contributed by atoms with Gasteiger partial charge in [-0.2, -0.15) is 0 Å². The highest BCUT2D eigenvalue weighted by molar-refractivity contribution is 9.10. The molecule has 0 aliphatic rings. The van der Waals surface area contributed by atoms with E-state index < -0.39 is 0 Å². The molecule has 0 bridgehead atoms. The molecule has 0 radical (unpaired) electrons. The number of halogens is 1. The van der Waals surface area contributed by atoms with Crippen LogP contribution in [0.5, 0.6) is 0 Å². The Morgan fingerprint density at radius 3 is 2.67 bits per heavy atom. The lowest BCUT2D eigenvalue weighted by atomic mass is 10.3. The van der Waals surface area contributed by atoms with E-state index in [-0.39, 0.29) is 0 Å². The molecule has 0 atom stereocenters. The lowest BCUT2D eigenvalue weighted by Crippen LogP contribution is -2.06. The molecular formula is C13H14BrN3S. The minimum absolute atomic E-state index is 0.621. The fourth-order valence-electron chi connectivity index (χ4n) is 1.48. The average Bonchev–Trinajstić information content (AvgIpc) is 2.39. The Labute approximate surface area is 119 Å². The zero-order chi connectivity index (χ0) is 12.8. The largest absolute Gasteiger partial charge is 0.330 e. The van der Waals surface area contributed by atoms with Gasteiger partial charge in [0, 0.05) is 27.7 Å². The van der Waals surface area contributed by atoms with Gasteiger partial charge in [-0.3, -0.25) is 0 Å². The number of hydrogen-bond acceptors (Lipinski definition) is 4. The van der Waals surface area contributed by atoms with E-state index in [4.69, 9.17) is 5.73 Å². The van der Waals surface area contributed by atoms with Gasteiger partial charge in [0.1, 0.15) is 5.82 Å². The summed E-state index contributed by atoms with van der Waals surface area (Å²) in [4.78, 5) is 9.96. The van der Waals surface area contributed by atoms with E-state index in [0.29, 0.717) is 6.54 Å². The van der Waals surface area contributed by atoms with Crippen molar-refractivity contribution in [1.82, 2.24) is 9.97 Å². The van der Waals surface area contributed by atoms with Crippen molar-refractivity contribution in [3.05, 3.63) is 52.5 Å². The van der Waals surface area contributed by atoms with Gasteiger partial charge in [0.05, 0.1) is 5.75 Å². The average molecular weight is 324 g/mol. The molecule has 0 fully saturated rings. The summed E-state index contributed by atoms with van der Waals surface area (Å²) in [5, 5.41) is 0. The van der Waals surface area contributed by atoms with Crippen molar-refractivity contribution in [3.63, 3.8) is 0 Å². The molecule has 0 aliphatic heterocycles. The highest BCUT2D eigenvalue weighted by Crippen LogP contribution is 2.23. The minimum atomic E-state index is 0.621. The van der Waals surface area contributed by atoms with Gasteiger partial charge in [0.15, 0.2) is 0 Å². The summed E-state index contributed by atoms with van der Waals surface area (Å²) in [5.41, 5.74) is 6.53. The van der Waals surface area contributed by atoms with E-state index in [1.807, 2.05) is 18.2 Å². The van der Waals surface area contributed by atoms with Crippen LogP contribution in [0.1, 0.15) is 11.5 Å². The topological polar surface area (TPSA) is 51.8 Å². The molecule has 94 valence electrons. The molecule has 0 spiro atoms. The molecule has 1 heterocycles. The maximum atomic E-state index is 5.52. The number of nitrogens with two attached hydrogens (primary N) is 1. The van der Waals surface area contributed by atoms with E-state index in [1.165, 1.54) is 4.90 Å². The molecule has 0 amide bonds. The minimum Gasteiger partial charge on any atom is -0.330 e. The summed E-state index contributed by atoms with van der Waals surface area (Å²) in [5.74, 6) is 1.63. The van der Waals surface area contributed by atoms with Crippen LogP contribution in [0.15, 0.2) is 45.9 Å². The molecular weight excluding hydrogens is 310 g/mol. The van der Waals surface area contributed by atoms with Crippen LogP contribution in [0.4, 0.5) is 0 Å². The van der Waals surface area contributed by atoms with E-state index in [2.05, 4.69) is 38.0 Å². The Kier molecular flexibility index (Phi) is 5.16. The lowest BCUT2D eigenvalue weighted by Gasteiger charge is -2.03. The van der Waals surface area contributed by atoms with Crippen molar-refractivity contribution in [3.8, 4) is 0 Å². The summed E-state index contributed by atoms with van der Waals surface area (Å²) in [6.07, 6.45) is 2.61. The number of aromatic nitrogens is 2. The van der Waals surface area contributed by atoms with Gasteiger partial charge >= 0.3 is 0 Å². The van der Waals surface area contributed by atoms with Crippen LogP contribution >= 0.6 is 27.7 Å². The van der Waals surface area contributed by atoms with Crippen LogP contribution in [0.25, 0.3) is 0 Å². The molecule has 0 unspecified atom stereocenters. The maximum absolute atomic E-state index is 5.52. The van der Waals surface area contributed by atoms with Crippen molar-refractivity contribution in [1.29, 1.82) is 0 Å². The van der Waals surface area contributed by atoms with Crippen LogP contribution in [-0.4, -0.2) is 16.5 Å². The summed E-state index contributed by atoms with van der Waals surface area (Å²) in [7, 11) is 0. The third-order valence-electron chi connectivity index (χ3n) is 2.35. The predicted molar refractivity (Wildman–Crippen MR) is 78.5 cm³/mol. The Hall–Kier alpha value is -0.910. The maximum Gasteiger partial charge on any atom is 0.138 e. The summed E-state index contributed by atoms with van der Waals surface area (Å²) in [6.45, 7) is 0.621. The van der Waals surface area contributed by atoms with E-state index in [0.717, 1.165) is 28.2 Å². The van der Waals surface area contributed by atoms with Crippen LogP contribution in [0, 0.1) is 0 Å². The quantitative estimate of drug-likeness (QED) is 0.859. The van der Waals surface area contributed by atoms with E-state index in [9.17, 15) is 0 Å². The van der Waals surface area contributed by atoms with Crippen LogP contribution in [0.2, 0.25) is 0 Å². The van der Waals surface area contributed by atoms with Crippen molar-refractivity contribution in [2.45, 2.75) is 17.1 Å². The molecule has 2 rings (SSSR count). The third-order valence-corrected chi connectivity index (χ3v) is 3.88. The Balaban J connectivity index is 1.97. The molecule has 5 heteroatoms. The van der Waals surface area contributed by atoms with Gasteiger partial charge in [0.2, 0.25) is 0 Å². The molecule has 18 heavy (non-hydrogen) atoms. The second kappa shape index (κ2) is 6.87. The van der Waals surface area contributed by atoms with Gasteiger partial charge in [-0.1, -0.05) is 15.9 Å². The fraction of sp³-hybridized carbons (Fsp3) is 0.231. The summed E-state index contributed by atoms with van der Waals surface area (Å²) in [6, 6.07) is 10.2. The van der Waals surface area contributed by atoms with Crippen LogP contribution in [0.3, 0.4) is 0 Å². The Morgan fingerprint density at radius 2 is 1.94 bits per heavy atom. The number of nitrogens with zero attached hydrogens (tertiary/aromatic N) is 2. The van der Waals surface area contributed by atoms with Gasteiger partial charge in [-0.25, -0.2) is 9.97 Å². The van der Waals surface area contributed by atoms with Gasteiger partial charge < -0.3 is 5.73 Å². The van der Waals surface area contributed by atoms with Gasteiger partial charge in [0.25, 0.3) is 0 Å². The highest BCUT2D eigenvalue weighted by Gasteiger charge is 2.01. The first kappa shape index (κ1) is 13.5. The van der Waals surface area contributed by atoms with Crippen LogP contribution < -0.4 is 5.73 Å². The fourth-order valence-corrected chi connectivity index (χ4v) is 2.50. The van der Waals surface area contributed by atoms with E-state index >= 15 is 0 Å². The van der Waals surface area contributed by atoms with Crippen molar-refractivity contribution in [2.24, 2.45) is 5.73 Å². The number of benzene rings is 1. The Morgan fingerprint density at radius 1 is 1.17 bits per heavy atom. The van der Waals surface area contributed by atoms with E-state index in [1.54, 1.807) is 18.0 Å². The lowest BCUT2D eigenvalue weighted by molar-refractivity contribution is 0.883. The van der Waals surface area contributed by atoms with Gasteiger partial charge in [-0.15, -0.1) is 11.8 Å². The highest BCUT2D eigenvalue weighted by atomic mass is 79.9. The normalized spacial score (nSPS) is 10.6. The first-order chi connectivity index (χ1) is 8.78. The zero-order valence-electron chi connectivity index (χ0n) is 9.84. The van der Waals surface area contributed by atoms with Crippen molar-refractivity contribution in [2.75, 3.05) is 6.54 Å². The molecule has 0 saturated heterocycles. The van der Waals surface area contributed by atoms with Crippen molar-refractivity contribution >= 4 is 27.7 Å². The molecule has 0 saturated carbocycles. The third kappa shape index (κ3) is 4.08. The predicted octanol–water partition coefficient (Wildman–Crippen LogP) is 3.03. The first-order valence-corrected chi connectivity index (χ1v) is 7.45. The number of thioether (sulfide) groups is 1.